The molecule has 0 saturated heterocycles. The quantitative estimate of drug-likeness (QED) is 0.608. The second-order valence-electron chi connectivity index (χ2n) is 4.33. The number of esters is 1. The van der Waals surface area contributed by atoms with Gasteiger partial charge in [0.2, 0.25) is 0 Å². The Morgan fingerprint density at radius 3 is 2.35 bits per heavy atom. The Morgan fingerprint density at radius 2 is 1.70 bits per heavy atom. The third-order valence-corrected chi connectivity index (χ3v) is 3.09. The van der Waals surface area contributed by atoms with Crippen LogP contribution in [0.15, 0.2) is 60.7 Å². The molecule has 0 amide bonds. The summed E-state index contributed by atoms with van der Waals surface area (Å²) in [7, 11) is 0. The third kappa shape index (κ3) is 2.97. The highest BCUT2D eigenvalue weighted by Crippen LogP contribution is 2.29. The molecule has 2 aromatic rings. The normalized spacial score (nSPS) is 11.2. The summed E-state index contributed by atoms with van der Waals surface area (Å²) >= 11 is 0. The predicted octanol–water partition coefficient (Wildman–Crippen LogP) is 4.32. The summed E-state index contributed by atoms with van der Waals surface area (Å²) in [5, 5.41) is 0. The Bertz CT molecular complexity index is 612. The van der Waals surface area contributed by atoms with Gasteiger partial charge in [0.05, 0.1) is 12.2 Å². The van der Waals surface area contributed by atoms with E-state index in [2.05, 4.69) is 0 Å². The van der Waals surface area contributed by atoms with Gasteiger partial charge in [-0.25, -0.2) is 4.79 Å². The number of allylic oxidation sites excluding steroid dienone is 1. The van der Waals surface area contributed by atoms with Crippen LogP contribution in [0.5, 0.6) is 0 Å². The smallest absolute Gasteiger partial charge is 0.338 e. The summed E-state index contributed by atoms with van der Waals surface area (Å²) in [6.45, 7) is 4.05. The van der Waals surface area contributed by atoms with E-state index >= 15 is 0 Å². The molecular weight excluding hydrogens is 248 g/mol. The molecule has 0 spiro atoms. The van der Waals surface area contributed by atoms with Gasteiger partial charge >= 0.3 is 5.97 Å². The maximum absolute atomic E-state index is 12.1. The monoisotopic (exact) mass is 266 g/mol. The summed E-state index contributed by atoms with van der Waals surface area (Å²) in [5.74, 6) is -0.279. The minimum atomic E-state index is -0.279. The Hall–Kier alpha value is -2.35. The molecule has 0 saturated carbocycles. The molecule has 0 aliphatic carbocycles. The molecule has 2 nitrogen and oxygen atoms in total. The third-order valence-electron chi connectivity index (χ3n) is 3.09. The van der Waals surface area contributed by atoms with Crippen molar-refractivity contribution in [2.45, 2.75) is 13.8 Å². The lowest BCUT2D eigenvalue weighted by Crippen LogP contribution is -2.07. The van der Waals surface area contributed by atoms with Gasteiger partial charge in [-0.15, -0.1) is 0 Å². The van der Waals surface area contributed by atoms with Crippen LogP contribution in [-0.4, -0.2) is 12.6 Å². The van der Waals surface area contributed by atoms with Crippen LogP contribution in [0.25, 0.3) is 16.7 Å². The predicted molar refractivity (Wildman–Crippen MR) is 82.2 cm³/mol. The van der Waals surface area contributed by atoms with E-state index in [0.717, 1.165) is 16.7 Å². The van der Waals surface area contributed by atoms with Gasteiger partial charge in [-0.3, -0.25) is 0 Å². The van der Waals surface area contributed by atoms with Crippen molar-refractivity contribution in [2.75, 3.05) is 6.61 Å². The molecule has 0 N–H and O–H groups in total. The van der Waals surface area contributed by atoms with Gasteiger partial charge in [0.25, 0.3) is 0 Å². The van der Waals surface area contributed by atoms with E-state index in [1.54, 1.807) is 6.08 Å². The van der Waals surface area contributed by atoms with E-state index in [4.69, 9.17) is 4.74 Å². The largest absolute Gasteiger partial charge is 0.462 e. The molecule has 0 radical (unpaired) electrons. The minimum absolute atomic E-state index is 0.279. The average Bonchev–Trinajstić information content (AvgIpc) is 2.50. The summed E-state index contributed by atoms with van der Waals surface area (Å²) in [4.78, 5) is 12.1. The van der Waals surface area contributed by atoms with Crippen LogP contribution in [-0.2, 0) is 9.53 Å². The number of hydrogen-bond acceptors (Lipinski definition) is 2. The highest BCUT2D eigenvalue weighted by Gasteiger charge is 2.15. The summed E-state index contributed by atoms with van der Waals surface area (Å²) < 4.78 is 5.13. The molecule has 0 unspecified atom stereocenters. The van der Waals surface area contributed by atoms with Gasteiger partial charge in [-0.05, 0) is 30.5 Å². The van der Waals surface area contributed by atoms with Crippen molar-refractivity contribution in [1.82, 2.24) is 0 Å². The molecular formula is C18H18O2. The first-order chi connectivity index (χ1) is 9.77. The molecule has 0 bridgehead atoms. The number of benzene rings is 2. The van der Waals surface area contributed by atoms with E-state index in [0.29, 0.717) is 12.2 Å². The molecule has 0 aromatic heterocycles. The Labute approximate surface area is 119 Å². The lowest BCUT2D eigenvalue weighted by atomic mass is 9.94. The maximum atomic E-state index is 12.1. The zero-order chi connectivity index (χ0) is 14.4. The fourth-order valence-corrected chi connectivity index (χ4v) is 2.18. The van der Waals surface area contributed by atoms with Crippen LogP contribution in [0.2, 0.25) is 0 Å². The molecule has 0 aliphatic heterocycles. The summed E-state index contributed by atoms with van der Waals surface area (Å²) in [6, 6.07) is 17.9. The van der Waals surface area contributed by atoms with Crippen LogP contribution >= 0.6 is 0 Å². The van der Waals surface area contributed by atoms with Crippen LogP contribution in [0.4, 0.5) is 0 Å². The minimum Gasteiger partial charge on any atom is -0.462 e. The van der Waals surface area contributed by atoms with E-state index in [9.17, 15) is 4.79 Å². The van der Waals surface area contributed by atoms with Crippen molar-refractivity contribution < 1.29 is 9.53 Å². The molecule has 0 aliphatic rings. The van der Waals surface area contributed by atoms with Gasteiger partial charge in [0.15, 0.2) is 0 Å². The van der Waals surface area contributed by atoms with Gasteiger partial charge in [0, 0.05) is 0 Å². The summed E-state index contributed by atoms with van der Waals surface area (Å²) in [5.41, 5.74) is 3.63. The fraction of sp³-hybridized carbons (Fsp3) is 0.167. The first kappa shape index (κ1) is 14.1. The molecule has 0 atom stereocenters. The molecule has 2 aromatic carbocycles. The molecule has 0 heterocycles. The molecule has 102 valence electrons. The molecule has 2 rings (SSSR count). The zero-order valence-electron chi connectivity index (χ0n) is 11.8. The van der Waals surface area contributed by atoms with E-state index in [1.807, 2.05) is 68.4 Å². The van der Waals surface area contributed by atoms with Crippen LogP contribution in [0, 0.1) is 0 Å². The van der Waals surface area contributed by atoms with E-state index in [1.165, 1.54) is 0 Å². The van der Waals surface area contributed by atoms with Gasteiger partial charge in [0.1, 0.15) is 0 Å². The van der Waals surface area contributed by atoms with Crippen molar-refractivity contribution >= 4 is 11.5 Å². The highest BCUT2D eigenvalue weighted by atomic mass is 16.5. The number of carbonyl (C=O) groups is 1. The van der Waals surface area contributed by atoms with Crippen molar-refractivity contribution in [2.24, 2.45) is 0 Å². The van der Waals surface area contributed by atoms with Crippen LogP contribution in [0.1, 0.15) is 19.4 Å². The lowest BCUT2D eigenvalue weighted by molar-refractivity contribution is -0.136. The Morgan fingerprint density at radius 1 is 1.05 bits per heavy atom. The zero-order valence-corrected chi connectivity index (χ0v) is 11.8. The van der Waals surface area contributed by atoms with Crippen LogP contribution < -0.4 is 0 Å². The van der Waals surface area contributed by atoms with Gasteiger partial charge in [-0.2, -0.15) is 0 Å². The van der Waals surface area contributed by atoms with Gasteiger partial charge < -0.3 is 4.74 Å². The number of ether oxygens (including phenoxy) is 1. The average molecular weight is 266 g/mol. The maximum Gasteiger partial charge on any atom is 0.338 e. The number of carbonyl (C=O) groups excluding carboxylic acids is 1. The van der Waals surface area contributed by atoms with Crippen LogP contribution in [0.3, 0.4) is 0 Å². The van der Waals surface area contributed by atoms with Crippen molar-refractivity contribution in [3.05, 3.63) is 66.2 Å². The topological polar surface area (TPSA) is 26.3 Å². The van der Waals surface area contributed by atoms with Gasteiger partial charge in [-0.1, -0.05) is 60.7 Å². The van der Waals surface area contributed by atoms with Crippen molar-refractivity contribution in [3.8, 4) is 11.1 Å². The SMILES string of the molecule is CC=C(C(=O)OCC)c1ccccc1-c1ccccc1. The number of hydrogen-bond donors (Lipinski definition) is 0. The first-order valence-electron chi connectivity index (χ1n) is 6.76. The van der Waals surface area contributed by atoms with E-state index < -0.39 is 0 Å². The standard InChI is InChI=1S/C18H18O2/c1-3-15(18(19)20-4-2)17-13-9-8-12-16(17)14-10-6-5-7-11-14/h3,5-13H,4H2,1-2H3. The van der Waals surface area contributed by atoms with Crippen molar-refractivity contribution in [3.63, 3.8) is 0 Å². The lowest BCUT2D eigenvalue weighted by Gasteiger charge is -2.12. The van der Waals surface area contributed by atoms with E-state index in [-0.39, 0.29) is 5.97 Å². The second-order valence-corrected chi connectivity index (χ2v) is 4.33. The second kappa shape index (κ2) is 6.71. The molecule has 20 heavy (non-hydrogen) atoms. The Kier molecular flexibility index (Phi) is 4.72. The Balaban J connectivity index is 2.50. The molecule has 0 fully saturated rings. The number of rotatable bonds is 4. The summed E-state index contributed by atoms with van der Waals surface area (Å²) in [6.07, 6.45) is 1.81. The fourth-order valence-electron chi connectivity index (χ4n) is 2.18. The molecule has 2 heteroatoms. The highest BCUT2D eigenvalue weighted by molar-refractivity contribution is 6.18. The first-order valence-corrected chi connectivity index (χ1v) is 6.76. The van der Waals surface area contributed by atoms with Crippen molar-refractivity contribution in [1.29, 1.82) is 0 Å².